The van der Waals surface area contributed by atoms with Gasteiger partial charge in [-0.2, -0.15) is 0 Å². The average Bonchev–Trinajstić information content (AvgIpc) is 1.83. The van der Waals surface area contributed by atoms with E-state index in [2.05, 4.69) is 246 Å². The Morgan fingerprint density at radius 1 is 0.233 bits per heavy atom. The van der Waals surface area contributed by atoms with Crippen LogP contribution in [-0.4, -0.2) is 0 Å². The number of anilines is 4. The fourth-order valence-corrected chi connectivity index (χ4v) is 12.8. The molecule has 4 aromatic heterocycles. The predicted octanol–water partition coefficient (Wildman–Crippen LogP) is 23.7. The third kappa shape index (κ3) is 8.79. The normalized spacial score (nSPS) is 12.3. The summed E-state index contributed by atoms with van der Waals surface area (Å²) in [4.78, 5) is 0. The van der Waals surface area contributed by atoms with E-state index in [1.54, 1.807) is 0 Å². The van der Waals surface area contributed by atoms with E-state index in [9.17, 15) is 0 Å². The second-order valence-corrected chi connectivity index (χ2v) is 25.0. The molecule has 414 valence electrons. The third-order valence-corrected chi connectivity index (χ3v) is 17.3. The monoisotopic (exact) mass is 1110 g/mol. The zero-order valence-corrected chi connectivity index (χ0v) is 48.7. The molecular weight excluding hydrogens is 1050 g/mol. The van der Waals surface area contributed by atoms with Gasteiger partial charge >= 0.3 is 0 Å². The van der Waals surface area contributed by atoms with Crippen molar-refractivity contribution >= 4 is 111 Å². The van der Waals surface area contributed by atoms with Crippen molar-refractivity contribution in [3.8, 4) is 55.6 Å². The minimum Gasteiger partial charge on any atom is -0.456 e. The van der Waals surface area contributed by atoms with E-state index >= 15 is 0 Å². The molecule has 0 fully saturated rings. The molecule has 86 heavy (non-hydrogen) atoms. The van der Waals surface area contributed by atoms with Crippen molar-refractivity contribution < 1.29 is 17.7 Å². The van der Waals surface area contributed by atoms with E-state index in [-0.39, 0.29) is 10.8 Å². The molecule has 0 bridgehead atoms. The summed E-state index contributed by atoms with van der Waals surface area (Å²) in [6.07, 6.45) is 0. The Kier molecular flexibility index (Phi) is 11.6. The zero-order valence-electron chi connectivity index (χ0n) is 48.7. The summed E-state index contributed by atoms with van der Waals surface area (Å²) in [7, 11) is 0. The van der Waals surface area contributed by atoms with Crippen LogP contribution in [0.2, 0.25) is 0 Å². The predicted molar refractivity (Wildman–Crippen MR) is 360 cm³/mol. The summed E-state index contributed by atoms with van der Waals surface area (Å²) in [5.74, 6) is 0. The molecule has 0 amide bonds. The minimum absolute atomic E-state index is 0.111. The Labute approximate surface area is 497 Å². The Morgan fingerprint density at radius 3 is 0.814 bits per heavy atom. The summed E-state index contributed by atoms with van der Waals surface area (Å²) in [5, 5.41) is 16.9. The summed E-state index contributed by atoms with van der Waals surface area (Å²) in [6, 6.07) is 86.8. The maximum absolute atomic E-state index is 6.40. The largest absolute Gasteiger partial charge is 0.456 e. The highest BCUT2D eigenvalue weighted by molar-refractivity contribution is 6.11. The quantitative estimate of drug-likeness (QED) is 0.150. The molecule has 0 spiro atoms. The molecule has 6 heteroatoms. The molecule has 0 aliphatic rings. The minimum atomic E-state index is -0.111. The molecule has 0 saturated carbocycles. The van der Waals surface area contributed by atoms with Gasteiger partial charge in [0, 0.05) is 76.7 Å². The first kappa shape index (κ1) is 51.1. The van der Waals surface area contributed by atoms with Gasteiger partial charge in [-0.3, -0.25) is 0 Å². The second-order valence-electron chi connectivity index (χ2n) is 25.0. The van der Waals surface area contributed by atoms with Crippen LogP contribution in [0.5, 0.6) is 0 Å². The van der Waals surface area contributed by atoms with Gasteiger partial charge in [-0.25, -0.2) is 0 Å². The maximum atomic E-state index is 6.40. The van der Waals surface area contributed by atoms with Gasteiger partial charge in [0.25, 0.3) is 0 Å². The van der Waals surface area contributed by atoms with Gasteiger partial charge in [-0.05, 0) is 146 Å². The Morgan fingerprint density at radius 2 is 0.512 bits per heavy atom. The smallest absolute Gasteiger partial charge is 0.135 e. The van der Waals surface area contributed by atoms with Crippen molar-refractivity contribution in [1.82, 2.24) is 0 Å². The molecule has 0 aliphatic carbocycles. The van der Waals surface area contributed by atoms with Gasteiger partial charge in [-0.1, -0.05) is 193 Å². The first-order valence-electron chi connectivity index (χ1n) is 29.6. The van der Waals surface area contributed by atoms with Crippen molar-refractivity contribution in [2.45, 2.75) is 52.4 Å². The van der Waals surface area contributed by atoms with Gasteiger partial charge in [0.1, 0.15) is 44.7 Å². The molecule has 2 N–H and O–H groups in total. The molecule has 0 atom stereocenters. The van der Waals surface area contributed by atoms with Crippen LogP contribution in [0.25, 0.3) is 143 Å². The SMILES string of the molecule is CC(C)(C)c1cc(-c2cc(Nc3c(-c4ccc5oc6ccccc6c5c4)cccc3-c3ccc4oc5ccccc5c4c3)cc(Nc3c(-c4ccc5oc6ccccc6c5c4)cccc3-c3ccc4oc5ccccc5c4c3)c2)cc(C(C)(C)C)c1. The number of hydrogen-bond donors (Lipinski definition) is 2. The summed E-state index contributed by atoms with van der Waals surface area (Å²) in [6.45, 7) is 13.8. The number of para-hydroxylation sites is 6. The van der Waals surface area contributed by atoms with Crippen LogP contribution in [0.15, 0.2) is 260 Å². The van der Waals surface area contributed by atoms with E-state index < -0.39 is 0 Å². The highest BCUT2D eigenvalue weighted by Crippen LogP contribution is 2.47. The van der Waals surface area contributed by atoms with Gasteiger partial charge in [0.05, 0.1) is 11.4 Å². The highest BCUT2D eigenvalue weighted by atomic mass is 16.3. The third-order valence-electron chi connectivity index (χ3n) is 17.3. The number of furan rings is 4. The topological polar surface area (TPSA) is 76.6 Å². The van der Waals surface area contributed by atoms with Crippen molar-refractivity contribution in [3.63, 3.8) is 0 Å². The molecule has 6 nitrogen and oxygen atoms in total. The molecule has 0 aliphatic heterocycles. The second kappa shape index (κ2) is 19.5. The van der Waals surface area contributed by atoms with Gasteiger partial charge < -0.3 is 28.3 Å². The lowest BCUT2D eigenvalue weighted by molar-refractivity contribution is 0.569. The van der Waals surface area contributed by atoms with Gasteiger partial charge in [0.2, 0.25) is 0 Å². The van der Waals surface area contributed by atoms with Crippen LogP contribution >= 0.6 is 0 Å². The summed E-state index contributed by atoms with van der Waals surface area (Å²) >= 11 is 0. The lowest BCUT2D eigenvalue weighted by Crippen LogP contribution is -2.16. The Bertz CT molecular complexity index is 4810. The molecule has 0 radical (unpaired) electrons. The van der Waals surface area contributed by atoms with Crippen molar-refractivity contribution in [1.29, 1.82) is 0 Å². The van der Waals surface area contributed by atoms with Crippen LogP contribution in [0, 0.1) is 0 Å². The van der Waals surface area contributed by atoms with Gasteiger partial charge in [0.15, 0.2) is 0 Å². The first-order chi connectivity index (χ1) is 41.8. The first-order valence-corrected chi connectivity index (χ1v) is 29.6. The molecule has 12 aromatic carbocycles. The van der Waals surface area contributed by atoms with Crippen LogP contribution in [-0.2, 0) is 10.8 Å². The standard InChI is InChI=1S/C80H60N2O4/c1-79(2,3)53-37-51(38-54(45-53)80(4,5)6)52-39-55(81-77-57(47-29-33-73-65(41-47)61-17-7-11-25-69(61)83-73)21-15-22-58(77)48-30-34-74-66(42-48)62-18-8-12-26-70(62)84-74)46-56(40-52)82-78-59(49-31-35-75-67(43-49)63-19-9-13-27-71(63)85-75)23-16-24-60(78)50-32-36-76-68(44-50)64-20-10-14-28-72(64)86-76/h7-46,81-82H,1-6H3. The average molecular weight is 1110 g/mol. The number of fused-ring (bicyclic) bond motifs is 12. The Balaban J connectivity index is 0.930. The summed E-state index contributed by atoms with van der Waals surface area (Å²) < 4.78 is 25.6. The van der Waals surface area contributed by atoms with Crippen LogP contribution in [0.1, 0.15) is 52.7 Å². The molecule has 16 rings (SSSR count). The van der Waals surface area contributed by atoms with E-state index in [4.69, 9.17) is 17.7 Å². The van der Waals surface area contributed by atoms with E-state index in [0.717, 1.165) is 166 Å². The Hall–Kier alpha value is -10.6. The van der Waals surface area contributed by atoms with Crippen molar-refractivity contribution in [3.05, 3.63) is 254 Å². The molecule has 4 heterocycles. The number of nitrogens with one attached hydrogen (secondary N) is 2. The lowest BCUT2D eigenvalue weighted by Gasteiger charge is -2.27. The van der Waals surface area contributed by atoms with Crippen LogP contribution in [0.4, 0.5) is 22.7 Å². The van der Waals surface area contributed by atoms with E-state index in [0.29, 0.717) is 0 Å². The fourth-order valence-electron chi connectivity index (χ4n) is 12.8. The maximum Gasteiger partial charge on any atom is 0.135 e. The lowest BCUT2D eigenvalue weighted by atomic mass is 9.79. The van der Waals surface area contributed by atoms with Crippen LogP contribution < -0.4 is 10.6 Å². The number of benzene rings is 12. The van der Waals surface area contributed by atoms with Crippen LogP contribution in [0.3, 0.4) is 0 Å². The molecule has 16 aromatic rings. The zero-order chi connectivity index (χ0) is 58.0. The fraction of sp³-hybridized carbons (Fsp3) is 0.100. The van der Waals surface area contributed by atoms with E-state index in [1.165, 1.54) is 11.1 Å². The molecule has 0 saturated heterocycles. The molecule has 0 unspecified atom stereocenters. The molecular formula is C80H60N2O4. The van der Waals surface area contributed by atoms with E-state index in [1.807, 2.05) is 48.5 Å². The highest BCUT2D eigenvalue weighted by Gasteiger charge is 2.24. The van der Waals surface area contributed by atoms with Crippen molar-refractivity contribution in [2.75, 3.05) is 10.6 Å². The summed E-state index contributed by atoms with van der Waals surface area (Å²) in [5.41, 5.74) is 23.6. The van der Waals surface area contributed by atoms with Gasteiger partial charge in [-0.15, -0.1) is 0 Å². The van der Waals surface area contributed by atoms with Crippen molar-refractivity contribution in [2.24, 2.45) is 0 Å². The number of rotatable bonds is 9. The number of hydrogen-bond acceptors (Lipinski definition) is 6.